The zero-order valence-corrected chi connectivity index (χ0v) is 61.4. The van der Waals surface area contributed by atoms with Gasteiger partial charge in [0.15, 0.2) is 0 Å². The van der Waals surface area contributed by atoms with Gasteiger partial charge in [-0.2, -0.15) is 0 Å². The van der Waals surface area contributed by atoms with Crippen LogP contribution in [0.25, 0.3) is 197 Å². The predicted molar refractivity (Wildman–Crippen MR) is 479 cm³/mol. The number of fused-ring (bicyclic) bond motifs is 18. The third-order valence-electron chi connectivity index (χ3n) is 22.3. The van der Waals surface area contributed by atoms with Crippen LogP contribution in [0.15, 0.2) is 405 Å². The number of nitrogens with zero attached hydrogens (tertiary/aromatic N) is 2. The molecule has 0 unspecified atom stereocenters. The molecule has 0 aliphatic heterocycles. The summed E-state index contributed by atoms with van der Waals surface area (Å²) < 4.78 is 5.96. The molecule has 0 bridgehead atoms. The number of rotatable bonds is 8. The maximum atomic E-state index is 9.45. The molecule has 0 spiro atoms. The van der Waals surface area contributed by atoms with Crippen molar-refractivity contribution in [3.63, 3.8) is 0 Å². The molecule has 0 aliphatic carbocycles. The molecular formula is C105H72BBrN2O2. The Kier molecular flexibility index (Phi) is 17.5. The number of benzene rings is 20. The molecule has 0 saturated heterocycles. The fraction of sp³-hybridized carbons (Fsp3) is 0.00952. The van der Waals surface area contributed by atoms with Crippen LogP contribution in [0.1, 0.15) is 7.43 Å². The van der Waals surface area contributed by atoms with E-state index in [1.54, 1.807) is 12.1 Å². The minimum Gasteiger partial charge on any atom is -0.423 e. The number of aromatic nitrogens is 2. The van der Waals surface area contributed by atoms with Crippen LogP contribution in [0.4, 0.5) is 0 Å². The average Bonchev–Trinajstić information content (AvgIpc) is 1.63. The van der Waals surface area contributed by atoms with Crippen LogP contribution in [0, 0.1) is 0 Å². The van der Waals surface area contributed by atoms with Crippen LogP contribution in [-0.2, 0) is 0 Å². The van der Waals surface area contributed by atoms with Crippen molar-refractivity contribution in [3.05, 3.63) is 405 Å². The molecule has 0 fully saturated rings. The van der Waals surface area contributed by atoms with Gasteiger partial charge in [-0.25, -0.2) is 0 Å². The first-order valence-corrected chi connectivity index (χ1v) is 38.3. The second-order valence-electron chi connectivity index (χ2n) is 28.4. The number of halogens is 1. The maximum Gasteiger partial charge on any atom is 0.488 e. The highest BCUT2D eigenvalue weighted by Crippen LogP contribution is 2.49. The monoisotopic (exact) mass is 1480 g/mol. The summed E-state index contributed by atoms with van der Waals surface area (Å²) in [6, 6.07) is 143. The molecule has 0 atom stereocenters. The molecule has 524 valence electrons. The minimum absolute atomic E-state index is 0. The van der Waals surface area contributed by atoms with Crippen molar-refractivity contribution in [3.8, 4) is 67.0 Å². The van der Waals surface area contributed by atoms with Gasteiger partial charge in [-0.05, 0) is 196 Å². The van der Waals surface area contributed by atoms with E-state index in [0.29, 0.717) is 5.46 Å². The van der Waals surface area contributed by atoms with Crippen LogP contribution >= 0.6 is 15.9 Å². The smallest absolute Gasteiger partial charge is 0.423 e. The SMILES string of the molecule is Brc1cc2c(c3ccccc13)c1c3ccccc3ccc1n2-c1ccccc1.C.OB(O)c1ccc(-c2c3ccccc3c(-c3ccccc3)c3ccccc23)cc1.c1ccc(-c2c3ccccc3c(-c3ccc(-c4cc5c(c6ccccc46)c4c6ccccc6ccc4n5-c4ccccc4)cc3)c3ccccc23)cc1. The van der Waals surface area contributed by atoms with E-state index < -0.39 is 7.12 Å². The van der Waals surface area contributed by atoms with E-state index in [9.17, 15) is 10.0 Å². The molecule has 22 aromatic rings. The van der Waals surface area contributed by atoms with Crippen LogP contribution in [0.3, 0.4) is 0 Å². The van der Waals surface area contributed by atoms with Crippen LogP contribution < -0.4 is 5.46 Å². The summed E-state index contributed by atoms with van der Waals surface area (Å²) in [7, 11) is -1.46. The third-order valence-corrected chi connectivity index (χ3v) is 22.9. The highest BCUT2D eigenvalue weighted by Gasteiger charge is 2.24. The summed E-state index contributed by atoms with van der Waals surface area (Å²) in [5.41, 5.74) is 19.9. The molecule has 2 heterocycles. The van der Waals surface area contributed by atoms with Gasteiger partial charge in [-0.1, -0.05) is 375 Å². The Balaban J connectivity index is 0.000000122. The standard InChI is InChI=1S/C52H33N.C26H19BO2.C26H16BrN.CH4/c1-3-16-36(17-4-1)49-42-23-11-13-25-44(42)50(45-26-14-12-24-43(45)49)37-29-27-35(28-30-37)46-33-48-52(41-22-10-9-21-40(41)46)51-39-20-8-7-15-34(39)31-32-47(51)53(48)38-18-5-2-6-19-38;28-27(29)20-16-14-19(15-17-20)26-23-12-6-4-10-21(23)25(18-8-2-1-3-9-18)22-11-5-7-13-24(22)26;27-22-16-24-26(21-13-7-6-12-20(21)22)25-19-11-5-4-8-17(19)14-15-23(25)28(24)18-9-2-1-3-10-18;/h1-33H;1-17,28-29H;1-16H;1H4. The summed E-state index contributed by atoms with van der Waals surface area (Å²) in [4.78, 5) is 0. The first kappa shape index (κ1) is 68.1. The van der Waals surface area contributed by atoms with E-state index in [4.69, 9.17) is 0 Å². The molecule has 2 N–H and O–H groups in total. The number of para-hydroxylation sites is 2. The number of hydrogen-bond donors (Lipinski definition) is 2. The van der Waals surface area contributed by atoms with Gasteiger partial charge in [0.1, 0.15) is 0 Å². The zero-order valence-electron chi connectivity index (χ0n) is 59.8. The summed E-state index contributed by atoms with van der Waals surface area (Å²) in [6.45, 7) is 0. The minimum atomic E-state index is -1.46. The molecule has 0 amide bonds. The predicted octanol–water partition coefficient (Wildman–Crippen LogP) is 27.9. The molecule has 0 radical (unpaired) electrons. The van der Waals surface area contributed by atoms with Crippen molar-refractivity contribution in [1.29, 1.82) is 0 Å². The van der Waals surface area contributed by atoms with Crippen molar-refractivity contribution < 1.29 is 10.0 Å². The zero-order chi connectivity index (χ0) is 73.3. The van der Waals surface area contributed by atoms with Crippen molar-refractivity contribution in [2.45, 2.75) is 7.43 Å². The first-order valence-electron chi connectivity index (χ1n) is 37.5. The molecule has 0 aliphatic rings. The first-order chi connectivity index (χ1) is 54.4. The largest absolute Gasteiger partial charge is 0.488 e. The fourth-order valence-corrected chi connectivity index (χ4v) is 18.1. The van der Waals surface area contributed by atoms with Crippen molar-refractivity contribution in [1.82, 2.24) is 9.13 Å². The van der Waals surface area contributed by atoms with Gasteiger partial charge in [0.25, 0.3) is 0 Å². The van der Waals surface area contributed by atoms with E-state index in [2.05, 4.69) is 395 Å². The lowest BCUT2D eigenvalue weighted by molar-refractivity contribution is 0.426. The Hall–Kier alpha value is -13.5. The molecular weight excluding hydrogens is 1410 g/mol. The Morgan fingerprint density at radius 2 is 0.486 bits per heavy atom. The van der Waals surface area contributed by atoms with Crippen LogP contribution in [0.5, 0.6) is 0 Å². The molecule has 4 nitrogen and oxygen atoms in total. The van der Waals surface area contributed by atoms with E-state index in [0.717, 1.165) is 21.3 Å². The Morgan fingerprint density at radius 3 is 0.865 bits per heavy atom. The quantitative estimate of drug-likeness (QED) is 0.118. The van der Waals surface area contributed by atoms with E-state index in [1.807, 2.05) is 18.2 Å². The van der Waals surface area contributed by atoms with Gasteiger partial charge >= 0.3 is 7.12 Å². The summed E-state index contributed by atoms with van der Waals surface area (Å²) in [5.74, 6) is 0. The average molecular weight is 1480 g/mol. The maximum absolute atomic E-state index is 9.45. The molecule has 111 heavy (non-hydrogen) atoms. The lowest BCUT2D eigenvalue weighted by atomic mass is 9.79. The van der Waals surface area contributed by atoms with Crippen molar-refractivity contribution in [2.24, 2.45) is 0 Å². The van der Waals surface area contributed by atoms with Crippen LogP contribution in [-0.4, -0.2) is 26.3 Å². The van der Waals surface area contributed by atoms with Crippen LogP contribution in [0.2, 0.25) is 0 Å². The van der Waals surface area contributed by atoms with E-state index >= 15 is 0 Å². The number of hydrogen-bond acceptors (Lipinski definition) is 2. The Labute approximate surface area is 652 Å². The highest BCUT2D eigenvalue weighted by molar-refractivity contribution is 9.10. The van der Waals surface area contributed by atoms with Gasteiger partial charge in [0.2, 0.25) is 0 Å². The second kappa shape index (κ2) is 28.6. The molecule has 6 heteroatoms. The summed E-state index contributed by atoms with van der Waals surface area (Å²) >= 11 is 3.82. The topological polar surface area (TPSA) is 50.3 Å². The lowest BCUT2D eigenvalue weighted by Crippen LogP contribution is -2.29. The normalized spacial score (nSPS) is 11.5. The second-order valence-corrected chi connectivity index (χ2v) is 29.2. The van der Waals surface area contributed by atoms with Gasteiger partial charge < -0.3 is 19.2 Å². The fourth-order valence-electron chi connectivity index (χ4n) is 17.5. The Morgan fingerprint density at radius 1 is 0.216 bits per heavy atom. The van der Waals surface area contributed by atoms with Gasteiger partial charge in [-0.3, -0.25) is 0 Å². The molecule has 2 aromatic heterocycles. The van der Waals surface area contributed by atoms with E-state index in [1.165, 1.54) is 180 Å². The highest BCUT2D eigenvalue weighted by atomic mass is 79.9. The molecule has 20 aromatic carbocycles. The van der Waals surface area contributed by atoms with Gasteiger partial charge in [-0.15, -0.1) is 0 Å². The molecule has 0 saturated carbocycles. The third kappa shape index (κ3) is 11.6. The van der Waals surface area contributed by atoms with E-state index in [-0.39, 0.29) is 7.43 Å². The van der Waals surface area contributed by atoms with Gasteiger partial charge in [0.05, 0.1) is 22.1 Å². The van der Waals surface area contributed by atoms with Crippen molar-refractivity contribution in [2.75, 3.05) is 0 Å². The molecule has 22 rings (SSSR count). The lowest BCUT2D eigenvalue weighted by Gasteiger charge is -2.18. The van der Waals surface area contributed by atoms with Crippen molar-refractivity contribution >= 4 is 158 Å². The van der Waals surface area contributed by atoms with Gasteiger partial charge in [0, 0.05) is 37.4 Å². The summed E-state index contributed by atoms with van der Waals surface area (Å²) in [5, 5.41) is 44.2. The summed E-state index contributed by atoms with van der Waals surface area (Å²) in [6.07, 6.45) is 0. The Bertz CT molecular complexity index is 7230.